The normalized spacial score (nSPS) is 18.4. The van der Waals surface area contributed by atoms with Gasteiger partial charge in [0.1, 0.15) is 17.5 Å². The van der Waals surface area contributed by atoms with Crippen molar-refractivity contribution in [3.8, 4) is 5.75 Å². The fourth-order valence-electron chi connectivity index (χ4n) is 5.20. The van der Waals surface area contributed by atoms with Crippen molar-refractivity contribution in [2.75, 3.05) is 0 Å². The van der Waals surface area contributed by atoms with E-state index < -0.39 is 47.0 Å². The van der Waals surface area contributed by atoms with Crippen molar-refractivity contribution in [3.05, 3.63) is 105 Å². The van der Waals surface area contributed by atoms with Gasteiger partial charge in [0.05, 0.1) is 0 Å². The summed E-state index contributed by atoms with van der Waals surface area (Å²) in [7, 11) is 0. The molecule has 0 N–H and O–H groups in total. The molecule has 0 spiro atoms. The lowest BCUT2D eigenvalue weighted by atomic mass is 9.76. The predicted molar refractivity (Wildman–Crippen MR) is 132 cm³/mol. The predicted octanol–water partition coefficient (Wildman–Crippen LogP) is 10.00. The Hall–Kier alpha value is -3.43. The molecule has 0 atom stereocenters. The van der Waals surface area contributed by atoms with Crippen LogP contribution in [-0.4, -0.2) is 6.36 Å². The molecule has 1 aliphatic rings. The summed E-state index contributed by atoms with van der Waals surface area (Å²) in [6.07, 6.45) is -2.97. The maximum absolute atomic E-state index is 14.9. The molecule has 0 amide bonds. The lowest BCUT2D eigenvalue weighted by molar-refractivity contribution is -0.276. The third-order valence-corrected chi connectivity index (χ3v) is 7.24. The zero-order chi connectivity index (χ0) is 29.2. The van der Waals surface area contributed by atoms with Crippen LogP contribution in [-0.2, 0) is 12.8 Å². The third kappa shape index (κ3) is 7.01. The largest absolute Gasteiger partial charge is 0.573 e. The second-order valence-corrected chi connectivity index (χ2v) is 9.92. The van der Waals surface area contributed by atoms with Gasteiger partial charge in [-0.2, -0.15) is 0 Å². The van der Waals surface area contributed by atoms with E-state index in [4.69, 9.17) is 0 Å². The number of halogens is 9. The Morgan fingerprint density at radius 3 is 1.70 bits per heavy atom. The molecular formula is C30H25F9O. The van der Waals surface area contributed by atoms with Crippen molar-refractivity contribution in [3.63, 3.8) is 0 Å². The van der Waals surface area contributed by atoms with Gasteiger partial charge in [0.25, 0.3) is 0 Å². The molecule has 3 aromatic rings. The Balaban J connectivity index is 1.39. The summed E-state index contributed by atoms with van der Waals surface area (Å²) in [6.45, 7) is 1.05. The van der Waals surface area contributed by atoms with Crippen molar-refractivity contribution in [2.24, 2.45) is 0 Å². The van der Waals surface area contributed by atoms with E-state index in [1.54, 1.807) is 12.1 Å². The fourth-order valence-corrected chi connectivity index (χ4v) is 5.20. The highest BCUT2D eigenvalue weighted by atomic mass is 19.4. The van der Waals surface area contributed by atoms with Gasteiger partial charge in [-0.1, -0.05) is 24.3 Å². The number of hydrogen-bond acceptors (Lipinski definition) is 1. The highest BCUT2D eigenvalue weighted by Gasteiger charge is 2.34. The third-order valence-electron chi connectivity index (χ3n) is 7.24. The second kappa shape index (κ2) is 12.0. The topological polar surface area (TPSA) is 9.23 Å². The van der Waals surface area contributed by atoms with Gasteiger partial charge in [-0.05, 0) is 98.2 Å². The molecular weight excluding hydrogens is 547 g/mol. The molecule has 4 rings (SSSR count). The molecule has 1 saturated carbocycles. The van der Waals surface area contributed by atoms with Crippen LogP contribution in [0.4, 0.5) is 39.5 Å². The zero-order valence-corrected chi connectivity index (χ0v) is 21.3. The molecule has 3 aromatic carbocycles. The smallest absolute Gasteiger partial charge is 0.399 e. The van der Waals surface area contributed by atoms with Crippen LogP contribution < -0.4 is 4.74 Å². The molecule has 0 bridgehead atoms. The Morgan fingerprint density at radius 2 is 1.23 bits per heavy atom. The first-order valence-corrected chi connectivity index (χ1v) is 12.7. The number of ether oxygens (including phenoxy) is 1. The Labute approximate surface area is 225 Å². The van der Waals surface area contributed by atoms with E-state index in [1.165, 1.54) is 24.3 Å². The Bertz CT molecular complexity index is 1340. The number of aryl methyl sites for hydroxylation is 1. The van der Waals surface area contributed by atoms with Gasteiger partial charge in [-0.3, -0.25) is 0 Å². The summed E-state index contributed by atoms with van der Waals surface area (Å²) >= 11 is 0. The molecule has 0 radical (unpaired) electrons. The van der Waals surface area contributed by atoms with Crippen molar-refractivity contribution in [1.29, 1.82) is 0 Å². The van der Waals surface area contributed by atoms with Gasteiger partial charge in [0, 0.05) is 11.1 Å². The van der Waals surface area contributed by atoms with Crippen LogP contribution in [0.1, 0.15) is 72.3 Å². The number of rotatable bonds is 7. The van der Waals surface area contributed by atoms with E-state index in [9.17, 15) is 39.5 Å². The van der Waals surface area contributed by atoms with E-state index in [0.717, 1.165) is 25.3 Å². The lowest BCUT2D eigenvalue weighted by Crippen LogP contribution is -2.19. The number of allylic oxidation sites excluding steroid dienone is 1. The van der Waals surface area contributed by atoms with Crippen molar-refractivity contribution < 1.29 is 44.3 Å². The van der Waals surface area contributed by atoms with Gasteiger partial charge in [0.15, 0.2) is 17.5 Å². The first kappa shape index (κ1) is 29.6. The van der Waals surface area contributed by atoms with E-state index in [0.29, 0.717) is 30.5 Å². The molecule has 0 aliphatic heterocycles. The zero-order valence-electron chi connectivity index (χ0n) is 21.3. The van der Waals surface area contributed by atoms with Crippen molar-refractivity contribution in [2.45, 2.75) is 63.6 Å². The van der Waals surface area contributed by atoms with Crippen LogP contribution in [0.25, 0.3) is 5.83 Å². The molecule has 0 unspecified atom stereocenters. The van der Waals surface area contributed by atoms with Gasteiger partial charge < -0.3 is 4.74 Å². The van der Waals surface area contributed by atoms with Crippen LogP contribution in [0.15, 0.2) is 54.4 Å². The Morgan fingerprint density at radius 1 is 0.725 bits per heavy atom. The molecule has 1 fully saturated rings. The van der Waals surface area contributed by atoms with Crippen LogP contribution in [0.2, 0.25) is 0 Å². The van der Waals surface area contributed by atoms with Crippen LogP contribution >= 0.6 is 0 Å². The average Bonchev–Trinajstić information content (AvgIpc) is 2.89. The van der Waals surface area contributed by atoms with Gasteiger partial charge in [-0.25, -0.2) is 26.3 Å². The monoisotopic (exact) mass is 572 g/mol. The summed E-state index contributed by atoms with van der Waals surface area (Å²) < 4.78 is 125. The standard InChI is InChI=1S/C30H25F9O/c1-16(31)28(36)21-9-7-19(8-10-21)18-3-5-20(6-4-18)22-14-24(32)23(25(33)15-22)11-2-17-12-26(34)29(27(35)13-17)40-30(37,38)39/h7-10,12-15,18,20H,2-6,11H2,1H3/b28-16+. The summed E-state index contributed by atoms with van der Waals surface area (Å²) in [5, 5.41) is 0. The fraction of sp³-hybridized carbons (Fsp3) is 0.333. The van der Waals surface area contributed by atoms with Crippen LogP contribution in [0.5, 0.6) is 5.75 Å². The molecule has 0 heterocycles. The number of benzene rings is 3. The summed E-state index contributed by atoms with van der Waals surface area (Å²) in [4.78, 5) is 0. The van der Waals surface area contributed by atoms with Crippen LogP contribution in [0.3, 0.4) is 0 Å². The van der Waals surface area contributed by atoms with Crippen molar-refractivity contribution in [1.82, 2.24) is 0 Å². The highest BCUT2D eigenvalue weighted by Crippen LogP contribution is 2.41. The van der Waals surface area contributed by atoms with Crippen molar-refractivity contribution >= 4 is 5.83 Å². The first-order chi connectivity index (χ1) is 18.8. The molecule has 0 aromatic heterocycles. The van der Waals surface area contributed by atoms with Gasteiger partial charge in [-0.15, -0.1) is 13.2 Å². The van der Waals surface area contributed by atoms with E-state index in [-0.39, 0.29) is 41.4 Å². The molecule has 1 nitrogen and oxygen atoms in total. The van der Waals surface area contributed by atoms with Crippen LogP contribution in [0, 0.1) is 23.3 Å². The second-order valence-electron chi connectivity index (χ2n) is 9.92. The number of alkyl halides is 3. The lowest BCUT2D eigenvalue weighted by Gasteiger charge is -2.29. The van der Waals surface area contributed by atoms with E-state index in [1.807, 2.05) is 0 Å². The summed E-state index contributed by atoms with van der Waals surface area (Å²) in [5.74, 6) is -8.09. The SMILES string of the molecule is C/C(F)=C(\F)c1ccc(C2CCC(c3cc(F)c(CCc4cc(F)c(OC(F)(F)F)c(F)c4)c(F)c3)CC2)cc1. The minimum Gasteiger partial charge on any atom is -0.399 e. The maximum atomic E-state index is 14.9. The number of hydrogen-bond donors (Lipinski definition) is 0. The van der Waals surface area contributed by atoms with Gasteiger partial charge in [0.2, 0.25) is 5.75 Å². The summed E-state index contributed by atoms with van der Waals surface area (Å²) in [5.41, 5.74) is 1.25. The minimum absolute atomic E-state index is 0.0858. The van der Waals surface area contributed by atoms with Gasteiger partial charge >= 0.3 is 6.36 Å². The molecule has 40 heavy (non-hydrogen) atoms. The molecule has 10 heteroatoms. The molecule has 0 saturated heterocycles. The minimum atomic E-state index is -5.28. The Kier molecular flexibility index (Phi) is 8.85. The molecule has 214 valence electrons. The quantitative estimate of drug-likeness (QED) is 0.256. The molecule has 1 aliphatic carbocycles. The summed E-state index contributed by atoms with van der Waals surface area (Å²) in [6, 6.07) is 10.3. The maximum Gasteiger partial charge on any atom is 0.573 e. The highest BCUT2D eigenvalue weighted by molar-refractivity contribution is 5.60. The average molecular weight is 573 g/mol. The van der Waals surface area contributed by atoms with E-state index in [2.05, 4.69) is 4.74 Å². The first-order valence-electron chi connectivity index (χ1n) is 12.7. The van der Waals surface area contributed by atoms with E-state index >= 15 is 0 Å².